The number of methoxy groups -OCH3 is 2. The number of halogens is 1. The number of carbonyl (C=O) groups excluding carboxylic acids is 2. The van der Waals surface area contributed by atoms with Crippen LogP contribution in [0.25, 0.3) is 5.57 Å². The molecule has 0 spiro atoms. The van der Waals surface area contributed by atoms with Crippen molar-refractivity contribution in [3.8, 4) is 5.75 Å². The number of ether oxygens (including phenoxy) is 2. The molecule has 1 aliphatic rings. The van der Waals surface area contributed by atoms with Crippen LogP contribution in [0.1, 0.15) is 5.56 Å². The van der Waals surface area contributed by atoms with Crippen molar-refractivity contribution in [3.63, 3.8) is 0 Å². The van der Waals surface area contributed by atoms with E-state index in [1.54, 1.807) is 18.2 Å². The maximum Gasteiger partial charge on any atom is 0.278 e. The molecule has 1 heterocycles. The Labute approximate surface area is 177 Å². The topological polar surface area (TPSA) is 111 Å². The molecular weight excluding hydrogens is 414 g/mol. The summed E-state index contributed by atoms with van der Waals surface area (Å²) < 4.78 is 10.1. The quantitative estimate of drug-likeness (QED) is 0.388. The molecule has 1 N–H and O–H groups in total. The van der Waals surface area contributed by atoms with E-state index < -0.39 is 16.7 Å². The van der Waals surface area contributed by atoms with Gasteiger partial charge in [0.25, 0.3) is 17.5 Å². The number of rotatable bonds is 8. The molecule has 0 unspecified atom stereocenters. The molecule has 0 aliphatic carbocycles. The van der Waals surface area contributed by atoms with Crippen molar-refractivity contribution >= 4 is 40.4 Å². The first-order chi connectivity index (χ1) is 14.4. The van der Waals surface area contributed by atoms with E-state index in [-0.39, 0.29) is 30.1 Å². The van der Waals surface area contributed by atoms with Gasteiger partial charge in [-0.25, -0.2) is 0 Å². The van der Waals surface area contributed by atoms with E-state index in [1.807, 2.05) is 0 Å². The molecule has 1 aliphatic heterocycles. The third-order valence-corrected chi connectivity index (χ3v) is 4.77. The van der Waals surface area contributed by atoms with Gasteiger partial charge in [0.05, 0.1) is 35.8 Å². The number of benzene rings is 2. The van der Waals surface area contributed by atoms with Gasteiger partial charge in [-0.15, -0.1) is 0 Å². The second-order valence-corrected chi connectivity index (χ2v) is 6.69. The Hall–Kier alpha value is -3.43. The van der Waals surface area contributed by atoms with Crippen LogP contribution in [0, 0.1) is 10.1 Å². The predicted octanol–water partition coefficient (Wildman–Crippen LogP) is 3.10. The summed E-state index contributed by atoms with van der Waals surface area (Å²) in [7, 11) is 2.95. The molecule has 156 valence electrons. The van der Waals surface area contributed by atoms with Crippen molar-refractivity contribution in [3.05, 3.63) is 68.9 Å². The number of nitrogens with one attached hydrogen (secondary N) is 1. The minimum absolute atomic E-state index is 0.0474. The van der Waals surface area contributed by atoms with Gasteiger partial charge in [-0.3, -0.25) is 24.6 Å². The summed E-state index contributed by atoms with van der Waals surface area (Å²) in [4.78, 5) is 37.4. The average molecular weight is 432 g/mol. The normalized spacial score (nSPS) is 13.8. The molecule has 0 saturated heterocycles. The van der Waals surface area contributed by atoms with E-state index in [1.165, 1.54) is 38.5 Å². The SMILES string of the molecule is COCCN1C(=O)C(Nc2ccc(OC)c(Cl)c2)=C(c2ccc([N+](=O)[O-])cc2)C1=O. The second-order valence-electron chi connectivity index (χ2n) is 6.28. The van der Waals surface area contributed by atoms with Crippen molar-refractivity contribution in [2.45, 2.75) is 0 Å². The average Bonchev–Trinajstić information content (AvgIpc) is 2.96. The molecular formula is C20H18ClN3O6. The van der Waals surface area contributed by atoms with Crippen molar-refractivity contribution in [1.82, 2.24) is 4.90 Å². The van der Waals surface area contributed by atoms with Crippen LogP contribution in [0.2, 0.25) is 5.02 Å². The highest BCUT2D eigenvalue weighted by molar-refractivity contribution is 6.36. The van der Waals surface area contributed by atoms with Gasteiger partial charge in [0.15, 0.2) is 0 Å². The molecule has 2 amide bonds. The monoisotopic (exact) mass is 431 g/mol. The summed E-state index contributed by atoms with van der Waals surface area (Å²) in [5, 5.41) is 14.2. The van der Waals surface area contributed by atoms with Gasteiger partial charge in [0.1, 0.15) is 11.4 Å². The molecule has 0 saturated carbocycles. The van der Waals surface area contributed by atoms with Gasteiger partial charge >= 0.3 is 0 Å². The molecule has 2 aromatic rings. The van der Waals surface area contributed by atoms with Crippen LogP contribution in [0.3, 0.4) is 0 Å². The second kappa shape index (κ2) is 8.93. The first-order valence-corrected chi connectivity index (χ1v) is 9.20. The summed E-state index contributed by atoms with van der Waals surface area (Å²) in [5.41, 5.74) is 0.888. The van der Waals surface area contributed by atoms with Crippen molar-refractivity contribution < 1.29 is 24.0 Å². The zero-order valence-electron chi connectivity index (χ0n) is 16.2. The van der Waals surface area contributed by atoms with E-state index in [0.29, 0.717) is 22.0 Å². The highest BCUT2D eigenvalue weighted by Gasteiger charge is 2.39. The Balaban J connectivity index is 2.03. The number of nitro groups is 1. The van der Waals surface area contributed by atoms with Crippen LogP contribution in [0.4, 0.5) is 11.4 Å². The number of hydrogen-bond donors (Lipinski definition) is 1. The number of hydrogen-bond acceptors (Lipinski definition) is 7. The van der Waals surface area contributed by atoms with E-state index in [0.717, 1.165) is 4.90 Å². The molecule has 9 nitrogen and oxygen atoms in total. The lowest BCUT2D eigenvalue weighted by atomic mass is 10.0. The number of nitrogens with zero attached hydrogens (tertiary/aromatic N) is 2. The Morgan fingerprint density at radius 1 is 1.10 bits per heavy atom. The minimum atomic E-state index is -0.539. The Morgan fingerprint density at radius 3 is 2.37 bits per heavy atom. The smallest absolute Gasteiger partial charge is 0.278 e. The van der Waals surface area contributed by atoms with E-state index in [9.17, 15) is 19.7 Å². The number of amides is 2. The van der Waals surface area contributed by atoms with E-state index in [4.69, 9.17) is 21.1 Å². The first-order valence-electron chi connectivity index (χ1n) is 8.82. The molecule has 0 aromatic heterocycles. The fourth-order valence-corrected chi connectivity index (χ4v) is 3.24. The van der Waals surface area contributed by atoms with Gasteiger partial charge in [-0.2, -0.15) is 0 Å². The highest BCUT2D eigenvalue weighted by atomic mass is 35.5. The number of nitro benzene ring substituents is 1. The zero-order valence-corrected chi connectivity index (χ0v) is 16.9. The third kappa shape index (κ3) is 4.12. The largest absolute Gasteiger partial charge is 0.495 e. The predicted molar refractivity (Wildman–Crippen MR) is 110 cm³/mol. The van der Waals surface area contributed by atoms with Gasteiger partial charge in [-0.1, -0.05) is 11.6 Å². The van der Waals surface area contributed by atoms with Crippen LogP contribution < -0.4 is 10.1 Å². The maximum absolute atomic E-state index is 13.0. The molecule has 0 radical (unpaired) electrons. The van der Waals surface area contributed by atoms with Crippen LogP contribution in [-0.4, -0.2) is 49.0 Å². The molecule has 10 heteroatoms. The van der Waals surface area contributed by atoms with Gasteiger partial charge in [0.2, 0.25) is 0 Å². The highest BCUT2D eigenvalue weighted by Crippen LogP contribution is 2.33. The van der Waals surface area contributed by atoms with Crippen molar-refractivity contribution in [2.75, 3.05) is 32.7 Å². The summed E-state index contributed by atoms with van der Waals surface area (Å²) in [6, 6.07) is 10.3. The molecule has 0 bridgehead atoms. The fraction of sp³-hybridized carbons (Fsp3) is 0.200. The lowest BCUT2D eigenvalue weighted by Crippen LogP contribution is -2.35. The van der Waals surface area contributed by atoms with Gasteiger partial charge < -0.3 is 14.8 Å². The maximum atomic E-state index is 13.0. The Bertz CT molecular complexity index is 1040. The molecule has 0 fully saturated rings. The van der Waals surface area contributed by atoms with Crippen molar-refractivity contribution in [1.29, 1.82) is 0 Å². The number of carbonyl (C=O) groups is 2. The number of anilines is 1. The van der Waals surface area contributed by atoms with Crippen LogP contribution >= 0.6 is 11.6 Å². The number of imide groups is 1. The van der Waals surface area contributed by atoms with Crippen LogP contribution in [0.15, 0.2) is 48.2 Å². The Morgan fingerprint density at radius 2 is 1.80 bits per heavy atom. The first kappa shape index (κ1) is 21.3. The molecule has 3 rings (SSSR count). The van der Waals surface area contributed by atoms with Gasteiger partial charge in [-0.05, 0) is 35.9 Å². The van der Waals surface area contributed by atoms with E-state index >= 15 is 0 Å². The molecule has 30 heavy (non-hydrogen) atoms. The molecule has 2 aromatic carbocycles. The standard InChI is InChI=1S/C20H18ClN3O6/c1-29-10-9-23-19(25)17(12-3-6-14(7-4-12)24(27)28)18(20(23)26)22-13-5-8-16(30-2)15(21)11-13/h3-8,11,22H,9-10H2,1-2H3. The summed E-state index contributed by atoms with van der Waals surface area (Å²) in [5.74, 6) is -0.590. The zero-order chi connectivity index (χ0) is 21.8. The van der Waals surface area contributed by atoms with E-state index in [2.05, 4.69) is 5.32 Å². The lowest BCUT2D eigenvalue weighted by molar-refractivity contribution is -0.384. The number of non-ortho nitro benzene ring substituents is 1. The summed E-state index contributed by atoms with van der Waals surface area (Å²) in [6.45, 7) is 0.242. The minimum Gasteiger partial charge on any atom is -0.495 e. The molecule has 0 atom stereocenters. The summed E-state index contributed by atoms with van der Waals surface area (Å²) >= 11 is 6.15. The van der Waals surface area contributed by atoms with Gasteiger partial charge in [0, 0.05) is 24.9 Å². The van der Waals surface area contributed by atoms with Crippen LogP contribution in [0.5, 0.6) is 5.75 Å². The third-order valence-electron chi connectivity index (χ3n) is 4.47. The Kier molecular flexibility index (Phi) is 6.34. The lowest BCUT2D eigenvalue weighted by Gasteiger charge is -2.14. The summed E-state index contributed by atoms with van der Waals surface area (Å²) in [6.07, 6.45) is 0. The van der Waals surface area contributed by atoms with Crippen LogP contribution in [-0.2, 0) is 14.3 Å². The van der Waals surface area contributed by atoms with Crippen molar-refractivity contribution in [2.24, 2.45) is 0 Å². The fourth-order valence-electron chi connectivity index (χ4n) is 2.98.